The molecule has 5 nitrogen and oxygen atoms in total. The van der Waals surface area contributed by atoms with Crippen LogP contribution in [0.15, 0.2) is 0 Å². The van der Waals surface area contributed by atoms with E-state index in [0.717, 1.165) is 0 Å². The van der Waals surface area contributed by atoms with Gasteiger partial charge in [-0.3, -0.25) is 10.1 Å². The monoisotopic (exact) mass is 205 g/mol. The Morgan fingerprint density at radius 3 is 2.57 bits per heavy atom. The average molecular weight is 205 g/mol. The van der Waals surface area contributed by atoms with Crippen molar-refractivity contribution in [3.63, 3.8) is 0 Å². The normalized spacial score (nSPS) is 17.4. The van der Waals surface area contributed by atoms with Gasteiger partial charge in [-0.15, -0.1) is 0 Å². The van der Waals surface area contributed by atoms with Crippen LogP contribution in [0.3, 0.4) is 0 Å². The Balaban J connectivity index is 4.01. The maximum absolute atomic E-state index is 10.8. The molecule has 0 amide bonds. The van der Waals surface area contributed by atoms with Crippen molar-refractivity contribution < 1.29 is 19.7 Å². The van der Waals surface area contributed by atoms with E-state index in [1.165, 1.54) is 7.11 Å². The van der Waals surface area contributed by atoms with Crippen molar-refractivity contribution in [1.29, 1.82) is 0 Å². The number of nitrogens with one attached hydrogen (secondary N) is 1. The lowest BCUT2D eigenvalue weighted by Crippen LogP contribution is -2.51. The van der Waals surface area contributed by atoms with Gasteiger partial charge in [0.05, 0.1) is 12.7 Å². The van der Waals surface area contributed by atoms with E-state index in [-0.39, 0.29) is 13.2 Å². The average Bonchev–Trinajstić information content (AvgIpc) is 2.14. The van der Waals surface area contributed by atoms with Crippen molar-refractivity contribution in [3.8, 4) is 0 Å². The van der Waals surface area contributed by atoms with E-state index in [1.807, 2.05) is 0 Å². The molecule has 0 aliphatic carbocycles. The number of aliphatic hydroxyl groups is 1. The smallest absolute Gasteiger partial charge is 0.323 e. The van der Waals surface area contributed by atoms with Gasteiger partial charge in [0.2, 0.25) is 0 Å². The van der Waals surface area contributed by atoms with Crippen molar-refractivity contribution >= 4 is 5.97 Å². The number of carboxylic acids is 1. The molecule has 0 heterocycles. The molecular formula is C9H19NO4. The summed E-state index contributed by atoms with van der Waals surface area (Å²) in [7, 11) is 1.49. The Morgan fingerprint density at radius 1 is 1.64 bits per heavy atom. The minimum atomic E-state index is -0.977. The summed E-state index contributed by atoms with van der Waals surface area (Å²) in [4.78, 5) is 10.8. The number of aliphatic carboxylic acids is 1. The predicted molar refractivity (Wildman–Crippen MR) is 52.2 cm³/mol. The zero-order valence-electron chi connectivity index (χ0n) is 8.91. The molecule has 84 valence electrons. The van der Waals surface area contributed by atoms with E-state index >= 15 is 0 Å². The Hall–Kier alpha value is -0.650. The maximum atomic E-state index is 10.8. The van der Waals surface area contributed by atoms with Gasteiger partial charge in [-0.2, -0.15) is 0 Å². The van der Waals surface area contributed by atoms with Crippen LogP contribution in [-0.2, 0) is 9.53 Å². The highest BCUT2D eigenvalue weighted by molar-refractivity contribution is 5.78. The van der Waals surface area contributed by atoms with E-state index in [0.29, 0.717) is 6.42 Å². The Morgan fingerprint density at radius 2 is 2.21 bits per heavy atom. The van der Waals surface area contributed by atoms with Crippen molar-refractivity contribution in [2.24, 2.45) is 0 Å². The van der Waals surface area contributed by atoms with E-state index in [9.17, 15) is 9.90 Å². The van der Waals surface area contributed by atoms with Gasteiger partial charge >= 0.3 is 5.97 Å². The molecule has 0 fully saturated rings. The molecule has 5 heteroatoms. The molecule has 0 aromatic rings. The molecule has 0 spiro atoms. The third-order valence-electron chi connectivity index (χ3n) is 2.27. The number of methoxy groups -OCH3 is 1. The highest BCUT2D eigenvalue weighted by Gasteiger charge is 2.30. The van der Waals surface area contributed by atoms with Crippen LogP contribution in [0, 0.1) is 0 Å². The van der Waals surface area contributed by atoms with Crippen LogP contribution in [0.5, 0.6) is 0 Å². The summed E-state index contributed by atoms with van der Waals surface area (Å²) < 4.78 is 4.73. The number of hydrogen-bond acceptors (Lipinski definition) is 4. The standard InChI is InChI=1S/C9H19NO4/c1-4-9(2,8(12)13)10-5-7(11)6-14-3/h7,10-11H,4-6H2,1-3H3,(H,12,13). The number of carboxylic acid groups (broad SMARTS) is 1. The highest BCUT2D eigenvalue weighted by atomic mass is 16.5. The summed E-state index contributed by atoms with van der Waals surface area (Å²) >= 11 is 0. The summed E-state index contributed by atoms with van der Waals surface area (Å²) in [5, 5.41) is 21.0. The van der Waals surface area contributed by atoms with Crippen LogP contribution < -0.4 is 5.32 Å². The van der Waals surface area contributed by atoms with E-state index < -0.39 is 17.6 Å². The van der Waals surface area contributed by atoms with Crippen LogP contribution in [0.4, 0.5) is 0 Å². The molecule has 0 aliphatic rings. The lowest BCUT2D eigenvalue weighted by molar-refractivity contribution is -0.144. The molecule has 0 saturated heterocycles. The van der Waals surface area contributed by atoms with Crippen LogP contribution >= 0.6 is 0 Å². The van der Waals surface area contributed by atoms with Gasteiger partial charge in [0.1, 0.15) is 5.54 Å². The predicted octanol–water partition coefficient (Wildman–Crippen LogP) is -0.163. The van der Waals surface area contributed by atoms with Crippen molar-refractivity contribution in [2.75, 3.05) is 20.3 Å². The third kappa shape index (κ3) is 4.04. The Bertz CT molecular complexity index is 186. The zero-order valence-corrected chi connectivity index (χ0v) is 8.91. The van der Waals surface area contributed by atoms with E-state index in [2.05, 4.69) is 5.32 Å². The van der Waals surface area contributed by atoms with Gasteiger partial charge in [0, 0.05) is 13.7 Å². The summed E-state index contributed by atoms with van der Waals surface area (Å²) in [6, 6.07) is 0. The van der Waals surface area contributed by atoms with Crippen LogP contribution in [0.25, 0.3) is 0 Å². The molecule has 0 rings (SSSR count). The first-order valence-corrected chi connectivity index (χ1v) is 4.61. The lowest BCUT2D eigenvalue weighted by Gasteiger charge is -2.26. The summed E-state index contributed by atoms with van der Waals surface area (Å²) in [6.45, 7) is 3.79. The fourth-order valence-electron chi connectivity index (χ4n) is 0.946. The number of β-amino-alcohol motifs (C(OH)–C–C–N with tert-alkyl or cyclic N) is 1. The molecule has 0 bridgehead atoms. The van der Waals surface area contributed by atoms with Gasteiger partial charge in [0.25, 0.3) is 0 Å². The highest BCUT2D eigenvalue weighted by Crippen LogP contribution is 2.08. The molecule has 0 saturated carbocycles. The van der Waals surface area contributed by atoms with Crippen LogP contribution in [-0.4, -0.2) is 48.1 Å². The van der Waals surface area contributed by atoms with Gasteiger partial charge in [-0.05, 0) is 13.3 Å². The fraction of sp³-hybridized carbons (Fsp3) is 0.889. The second kappa shape index (κ2) is 5.95. The molecule has 14 heavy (non-hydrogen) atoms. The topological polar surface area (TPSA) is 78.8 Å². The minimum Gasteiger partial charge on any atom is -0.480 e. The second-order valence-corrected chi connectivity index (χ2v) is 3.48. The van der Waals surface area contributed by atoms with Crippen LogP contribution in [0.2, 0.25) is 0 Å². The minimum absolute atomic E-state index is 0.201. The molecule has 2 atom stereocenters. The fourth-order valence-corrected chi connectivity index (χ4v) is 0.946. The van der Waals surface area contributed by atoms with Crippen molar-refractivity contribution in [2.45, 2.75) is 31.9 Å². The number of rotatable bonds is 7. The number of aliphatic hydroxyl groups excluding tert-OH is 1. The van der Waals surface area contributed by atoms with Gasteiger partial charge in [-0.1, -0.05) is 6.92 Å². The quantitative estimate of drug-likeness (QED) is 0.538. The second-order valence-electron chi connectivity index (χ2n) is 3.48. The number of carbonyl (C=O) groups is 1. The number of ether oxygens (including phenoxy) is 1. The van der Waals surface area contributed by atoms with E-state index in [4.69, 9.17) is 9.84 Å². The number of hydrogen-bond donors (Lipinski definition) is 3. The van der Waals surface area contributed by atoms with Crippen molar-refractivity contribution in [1.82, 2.24) is 5.32 Å². The van der Waals surface area contributed by atoms with Gasteiger partial charge < -0.3 is 14.9 Å². The zero-order chi connectivity index (χ0) is 11.2. The molecular weight excluding hydrogens is 186 g/mol. The SMILES string of the molecule is CCC(C)(NCC(O)COC)C(=O)O. The summed E-state index contributed by atoms with van der Waals surface area (Å²) in [5.74, 6) is -0.912. The van der Waals surface area contributed by atoms with Gasteiger partial charge in [0.15, 0.2) is 0 Å². The first-order valence-electron chi connectivity index (χ1n) is 4.61. The maximum Gasteiger partial charge on any atom is 0.323 e. The third-order valence-corrected chi connectivity index (χ3v) is 2.27. The Labute approximate surface area is 84.1 Å². The van der Waals surface area contributed by atoms with Gasteiger partial charge in [-0.25, -0.2) is 0 Å². The molecule has 0 radical (unpaired) electrons. The van der Waals surface area contributed by atoms with Crippen LogP contribution in [0.1, 0.15) is 20.3 Å². The first kappa shape index (κ1) is 13.4. The molecule has 0 aromatic heterocycles. The molecule has 0 aromatic carbocycles. The summed E-state index contributed by atoms with van der Waals surface area (Å²) in [6.07, 6.45) is -0.215. The Kier molecular flexibility index (Phi) is 5.68. The first-order chi connectivity index (χ1) is 6.46. The van der Waals surface area contributed by atoms with Crippen molar-refractivity contribution in [3.05, 3.63) is 0 Å². The molecule has 2 unspecified atom stereocenters. The molecule has 0 aliphatic heterocycles. The molecule has 3 N–H and O–H groups in total. The summed E-state index contributed by atoms with van der Waals surface area (Å²) in [5.41, 5.74) is -0.977. The largest absolute Gasteiger partial charge is 0.480 e. The van der Waals surface area contributed by atoms with E-state index in [1.54, 1.807) is 13.8 Å². The lowest BCUT2D eigenvalue weighted by atomic mass is 9.99.